The molecule has 1 saturated carbocycles. The lowest BCUT2D eigenvalue weighted by Gasteiger charge is -2.11. The fourth-order valence-corrected chi connectivity index (χ4v) is 3.06. The Hall–Kier alpha value is -2.88. The van der Waals surface area contributed by atoms with Gasteiger partial charge in [0.2, 0.25) is 0 Å². The SMILES string of the molecule is Cc1cc(-c2ccc(-c3ccc(C4(C(=O)O)CC4)cc3)cc2)on1. The smallest absolute Gasteiger partial charge is 0.314 e. The van der Waals surface area contributed by atoms with E-state index in [4.69, 9.17) is 4.52 Å². The summed E-state index contributed by atoms with van der Waals surface area (Å²) in [6.07, 6.45) is 1.46. The lowest BCUT2D eigenvalue weighted by Crippen LogP contribution is -2.19. The Labute approximate surface area is 139 Å². The molecule has 1 heterocycles. The minimum atomic E-state index is -0.720. The zero-order valence-electron chi connectivity index (χ0n) is 13.3. The summed E-state index contributed by atoms with van der Waals surface area (Å²) in [5.74, 6) is 0.0356. The molecule has 0 atom stereocenters. The number of aliphatic carboxylic acids is 1. The van der Waals surface area contributed by atoms with Crippen molar-refractivity contribution in [3.05, 3.63) is 65.9 Å². The molecule has 1 aromatic heterocycles. The number of carboxylic acids is 1. The number of nitrogens with zero attached hydrogens (tertiary/aromatic N) is 1. The molecule has 4 rings (SSSR count). The molecule has 1 aliphatic rings. The van der Waals surface area contributed by atoms with E-state index in [1.54, 1.807) is 0 Å². The molecule has 0 saturated heterocycles. The number of aryl methyl sites for hydroxylation is 1. The number of carboxylic acid groups (broad SMARTS) is 1. The van der Waals surface area contributed by atoms with Crippen LogP contribution in [0.1, 0.15) is 24.1 Å². The molecule has 0 amide bonds. The van der Waals surface area contributed by atoms with Crippen molar-refractivity contribution >= 4 is 5.97 Å². The molecule has 1 aliphatic carbocycles. The predicted octanol–water partition coefficient (Wildman–Crippen LogP) is 4.43. The molecule has 24 heavy (non-hydrogen) atoms. The van der Waals surface area contributed by atoms with Gasteiger partial charge in [0, 0.05) is 11.6 Å². The first kappa shape index (κ1) is 14.7. The molecule has 120 valence electrons. The summed E-state index contributed by atoms with van der Waals surface area (Å²) in [5, 5.41) is 13.3. The van der Waals surface area contributed by atoms with Crippen molar-refractivity contribution in [3.8, 4) is 22.5 Å². The molecule has 2 aromatic carbocycles. The highest BCUT2D eigenvalue weighted by atomic mass is 16.5. The first-order chi connectivity index (χ1) is 11.6. The van der Waals surface area contributed by atoms with E-state index in [2.05, 4.69) is 5.16 Å². The molecule has 4 nitrogen and oxygen atoms in total. The molecule has 1 N–H and O–H groups in total. The second-order valence-corrected chi connectivity index (χ2v) is 6.37. The third-order valence-corrected chi connectivity index (χ3v) is 4.73. The van der Waals surface area contributed by atoms with Crippen LogP contribution in [-0.2, 0) is 10.2 Å². The standard InChI is InChI=1S/C20H17NO3/c1-13-12-18(24-21-13)16-4-2-14(3-5-16)15-6-8-17(9-7-15)20(10-11-20)19(22)23/h2-9,12H,10-11H2,1H3,(H,22,23). The first-order valence-electron chi connectivity index (χ1n) is 7.97. The quantitative estimate of drug-likeness (QED) is 0.772. The highest BCUT2D eigenvalue weighted by molar-refractivity contribution is 5.85. The first-order valence-corrected chi connectivity index (χ1v) is 7.97. The second-order valence-electron chi connectivity index (χ2n) is 6.37. The van der Waals surface area contributed by atoms with Gasteiger partial charge in [0.15, 0.2) is 5.76 Å². The van der Waals surface area contributed by atoms with Crippen molar-refractivity contribution in [3.63, 3.8) is 0 Å². The molecule has 4 heteroatoms. The monoisotopic (exact) mass is 319 g/mol. The molecular formula is C20H17NO3. The summed E-state index contributed by atoms with van der Waals surface area (Å²) in [6.45, 7) is 1.90. The zero-order valence-corrected chi connectivity index (χ0v) is 13.3. The lowest BCUT2D eigenvalue weighted by molar-refractivity contribution is -0.140. The van der Waals surface area contributed by atoms with E-state index in [-0.39, 0.29) is 0 Å². The summed E-state index contributed by atoms with van der Waals surface area (Å²) >= 11 is 0. The molecule has 0 unspecified atom stereocenters. The predicted molar refractivity (Wildman–Crippen MR) is 90.7 cm³/mol. The number of benzene rings is 2. The second kappa shape index (κ2) is 5.34. The third kappa shape index (κ3) is 2.40. The molecule has 0 spiro atoms. The van der Waals surface area contributed by atoms with Gasteiger partial charge in [-0.25, -0.2) is 0 Å². The highest BCUT2D eigenvalue weighted by Gasteiger charge is 2.51. The molecule has 0 bridgehead atoms. The van der Waals surface area contributed by atoms with Crippen LogP contribution in [0, 0.1) is 6.92 Å². The van der Waals surface area contributed by atoms with Crippen molar-refractivity contribution in [1.29, 1.82) is 0 Å². The van der Waals surface area contributed by atoms with Crippen LogP contribution < -0.4 is 0 Å². The average molecular weight is 319 g/mol. The van der Waals surface area contributed by atoms with E-state index >= 15 is 0 Å². The number of hydrogen-bond acceptors (Lipinski definition) is 3. The van der Waals surface area contributed by atoms with Gasteiger partial charge >= 0.3 is 5.97 Å². The van der Waals surface area contributed by atoms with Crippen LogP contribution in [0.4, 0.5) is 0 Å². The van der Waals surface area contributed by atoms with Gasteiger partial charge in [-0.3, -0.25) is 4.79 Å². The largest absolute Gasteiger partial charge is 0.481 e. The molecular weight excluding hydrogens is 302 g/mol. The summed E-state index contributed by atoms with van der Waals surface area (Å²) < 4.78 is 5.27. The fraction of sp³-hybridized carbons (Fsp3) is 0.200. The van der Waals surface area contributed by atoms with E-state index < -0.39 is 11.4 Å². The van der Waals surface area contributed by atoms with E-state index in [1.165, 1.54) is 0 Å². The molecule has 0 aliphatic heterocycles. The Balaban J connectivity index is 1.59. The van der Waals surface area contributed by atoms with Crippen LogP contribution in [-0.4, -0.2) is 16.2 Å². The van der Waals surface area contributed by atoms with Crippen LogP contribution in [0.15, 0.2) is 59.1 Å². The van der Waals surface area contributed by atoms with Crippen molar-refractivity contribution in [2.45, 2.75) is 25.2 Å². The Bertz CT molecular complexity index is 887. The molecule has 0 radical (unpaired) electrons. The van der Waals surface area contributed by atoms with Crippen molar-refractivity contribution < 1.29 is 14.4 Å². The number of aromatic nitrogens is 1. The summed E-state index contributed by atoms with van der Waals surface area (Å²) in [7, 11) is 0. The van der Waals surface area contributed by atoms with Crippen molar-refractivity contribution in [2.75, 3.05) is 0 Å². The fourth-order valence-electron chi connectivity index (χ4n) is 3.06. The minimum absolute atomic E-state index is 0.646. The number of carbonyl (C=O) groups is 1. The van der Waals surface area contributed by atoms with Crippen LogP contribution in [0.2, 0.25) is 0 Å². The van der Waals surface area contributed by atoms with Crippen LogP contribution in [0.5, 0.6) is 0 Å². The van der Waals surface area contributed by atoms with Gasteiger partial charge in [0.05, 0.1) is 11.1 Å². The van der Waals surface area contributed by atoms with E-state index in [0.717, 1.165) is 46.5 Å². The maximum Gasteiger partial charge on any atom is 0.314 e. The normalized spacial score (nSPS) is 15.2. The van der Waals surface area contributed by atoms with Gasteiger partial charge in [-0.1, -0.05) is 53.7 Å². The van der Waals surface area contributed by atoms with Crippen molar-refractivity contribution in [2.24, 2.45) is 0 Å². The van der Waals surface area contributed by atoms with Gasteiger partial charge in [-0.15, -0.1) is 0 Å². The van der Waals surface area contributed by atoms with Gasteiger partial charge in [-0.05, 0) is 36.5 Å². The van der Waals surface area contributed by atoms with Crippen LogP contribution >= 0.6 is 0 Å². The number of hydrogen-bond donors (Lipinski definition) is 1. The van der Waals surface area contributed by atoms with Crippen molar-refractivity contribution in [1.82, 2.24) is 5.16 Å². The minimum Gasteiger partial charge on any atom is -0.481 e. The topological polar surface area (TPSA) is 63.3 Å². The summed E-state index contributed by atoms with van der Waals surface area (Å²) in [5.41, 5.74) is 4.25. The van der Waals surface area contributed by atoms with Crippen LogP contribution in [0.25, 0.3) is 22.5 Å². The average Bonchev–Trinajstić information content (AvgIpc) is 3.31. The Morgan fingerprint density at radius 2 is 1.54 bits per heavy atom. The van der Waals surface area contributed by atoms with Crippen LogP contribution in [0.3, 0.4) is 0 Å². The van der Waals surface area contributed by atoms with E-state index in [9.17, 15) is 9.90 Å². The van der Waals surface area contributed by atoms with E-state index in [1.807, 2.05) is 61.5 Å². The summed E-state index contributed by atoms with van der Waals surface area (Å²) in [4.78, 5) is 11.4. The molecule has 1 fully saturated rings. The zero-order chi connectivity index (χ0) is 16.7. The maximum atomic E-state index is 11.4. The van der Waals surface area contributed by atoms with Gasteiger partial charge in [0.25, 0.3) is 0 Å². The Kier molecular flexibility index (Phi) is 3.27. The Morgan fingerprint density at radius 3 is 2.00 bits per heavy atom. The van der Waals surface area contributed by atoms with Gasteiger partial charge < -0.3 is 9.63 Å². The van der Waals surface area contributed by atoms with Gasteiger partial charge in [-0.2, -0.15) is 0 Å². The van der Waals surface area contributed by atoms with Gasteiger partial charge in [0.1, 0.15) is 0 Å². The third-order valence-electron chi connectivity index (χ3n) is 4.73. The van der Waals surface area contributed by atoms with E-state index in [0.29, 0.717) is 0 Å². The Morgan fingerprint density at radius 1 is 1.00 bits per heavy atom. The highest BCUT2D eigenvalue weighted by Crippen LogP contribution is 2.48. The summed E-state index contributed by atoms with van der Waals surface area (Å²) in [6, 6.07) is 17.8. The lowest BCUT2D eigenvalue weighted by atomic mass is 9.93. The maximum absolute atomic E-state index is 11.4. The molecule has 3 aromatic rings. The number of rotatable bonds is 4.